The third-order valence-corrected chi connectivity index (χ3v) is 6.68. The highest BCUT2D eigenvalue weighted by Crippen LogP contribution is 2.49. The molecule has 20 heavy (non-hydrogen) atoms. The van der Waals surface area contributed by atoms with Gasteiger partial charge in [-0.05, 0) is 30.0 Å². The van der Waals surface area contributed by atoms with Crippen LogP contribution in [-0.2, 0) is 16.3 Å². The standard InChI is InChI=1S/C13H10Cl3O2PS/c1-17-19(20,9-5-3-2-4-6-9)18-13-8-11(15)10(14)7-12(13)16/h2-8H,1H3. The third kappa shape index (κ3) is 3.48. The minimum absolute atomic E-state index is 0.335. The van der Waals surface area contributed by atoms with Crippen molar-refractivity contribution in [3.8, 4) is 5.75 Å². The molecule has 0 saturated heterocycles. The maximum atomic E-state index is 6.10. The van der Waals surface area contributed by atoms with Gasteiger partial charge in [-0.3, -0.25) is 0 Å². The Morgan fingerprint density at radius 1 is 0.950 bits per heavy atom. The molecule has 0 amide bonds. The van der Waals surface area contributed by atoms with E-state index in [4.69, 9.17) is 55.7 Å². The summed E-state index contributed by atoms with van der Waals surface area (Å²) in [6, 6.07) is 12.4. The van der Waals surface area contributed by atoms with E-state index in [1.165, 1.54) is 19.2 Å². The van der Waals surface area contributed by atoms with Crippen LogP contribution in [0.15, 0.2) is 42.5 Å². The first kappa shape index (κ1) is 16.1. The SMILES string of the molecule is COP(=S)(Oc1cc(Cl)c(Cl)cc1Cl)c1ccccc1. The van der Waals surface area contributed by atoms with Crippen LogP contribution in [0.25, 0.3) is 0 Å². The molecule has 0 aliphatic rings. The van der Waals surface area contributed by atoms with Crippen LogP contribution in [0.1, 0.15) is 0 Å². The van der Waals surface area contributed by atoms with Crippen LogP contribution >= 0.6 is 41.3 Å². The normalized spacial score (nSPS) is 13.8. The Morgan fingerprint density at radius 3 is 2.15 bits per heavy atom. The van der Waals surface area contributed by atoms with Crippen molar-refractivity contribution in [2.75, 3.05) is 7.11 Å². The zero-order chi connectivity index (χ0) is 14.8. The van der Waals surface area contributed by atoms with Crippen LogP contribution in [0.3, 0.4) is 0 Å². The summed E-state index contributed by atoms with van der Waals surface area (Å²) in [5.74, 6) is 0.357. The summed E-state index contributed by atoms with van der Waals surface area (Å²) in [7, 11) is 1.51. The van der Waals surface area contributed by atoms with Gasteiger partial charge < -0.3 is 9.05 Å². The lowest BCUT2D eigenvalue weighted by Crippen LogP contribution is -2.10. The molecule has 0 N–H and O–H groups in total. The quantitative estimate of drug-likeness (QED) is 0.539. The molecule has 0 bridgehead atoms. The van der Waals surface area contributed by atoms with Gasteiger partial charge in [0, 0.05) is 18.5 Å². The van der Waals surface area contributed by atoms with Crippen molar-refractivity contribution in [3.05, 3.63) is 57.5 Å². The van der Waals surface area contributed by atoms with Crippen LogP contribution < -0.4 is 9.83 Å². The number of hydrogen-bond acceptors (Lipinski definition) is 3. The Kier molecular flexibility index (Phi) is 5.36. The van der Waals surface area contributed by atoms with Crippen molar-refractivity contribution in [1.29, 1.82) is 0 Å². The fourth-order valence-corrected chi connectivity index (χ4v) is 4.08. The monoisotopic (exact) mass is 366 g/mol. The van der Waals surface area contributed by atoms with Gasteiger partial charge in [-0.2, -0.15) is 0 Å². The molecule has 0 aliphatic carbocycles. The Morgan fingerprint density at radius 2 is 1.55 bits per heavy atom. The smallest absolute Gasteiger partial charge is 0.268 e. The molecule has 0 spiro atoms. The third-order valence-electron chi connectivity index (χ3n) is 2.51. The van der Waals surface area contributed by atoms with E-state index in [0.29, 0.717) is 20.8 Å². The molecule has 106 valence electrons. The molecule has 0 radical (unpaired) electrons. The molecule has 2 aromatic rings. The Balaban J connectivity index is 2.41. The van der Waals surface area contributed by atoms with Crippen LogP contribution in [0, 0.1) is 0 Å². The number of hydrogen-bond donors (Lipinski definition) is 0. The summed E-state index contributed by atoms with van der Waals surface area (Å²) in [6.07, 6.45) is 0. The van der Waals surface area contributed by atoms with Crippen LogP contribution in [0.4, 0.5) is 0 Å². The average Bonchev–Trinajstić information content (AvgIpc) is 2.45. The predicted octanol–water partition coefficient (Wildman–Crippen LogP) is 5.31. The van der Waals surface area contributed by atoms with Gasteiger partial charge in [-0.25, -0.2) is 0 Å². The zero-order valence-corrected chi connectivity index (χ0v) is 14.3. The number of benzene rings is 2. The second-order valence-electron chi connectivity index (χ2n) is 3.80. The summed E-state index contributed by atoms with van der Waals surface area (Å²) >= 11 is 23.5. The molecular weight excluding hydrogens is 358 g/mol. The fourth-order valence-electron chi connectivity index (χ4n) is 1.51. The molecule has 2 nitrogen and oxygen atoms in total. The van der Waals surface area contributed by atoms with Gasteiger partial charge in [0.15, 0.2) is 0 Å². The highest BCUT2D eigenvalue weighted by Gasteiger charge is 2.23. The molecule has 1 unspecified atom stereocenters. The van der Waals surface area contributed by atoms with E-state index in [2.05, 4.69) is 0 Å². The van der Waals surface area contributed by atoms with E-state index in [1.54, 1.807) is 0 Å². The number of halogens is 3. The van der Waals surface area contributed by atoms with Crippen LogP contribution in [0.5, 0.6) is 5.75 Å². The molecule has 0 aliphatic heterocycles. The first-order valence-corrected chi connectivity index (χ1v) is 9.29. The second kappa shape index (κ2) is 6.65. The lowest BCUT2D eigenvalue weighted by atomic mass is 10.3. The van der Waals surface area contributed by atoms with Gasteiger partial charge in [-0.1, -0.05) is 53.0 Å². The van der Waals surface area contributed by atoms with E-state index >= 15 is 0 Å². The average molecular weight is 368 g/mol. The van der Waals surface area contributed by atoms with Crippen molar-refractivity contribution in [2.24, 2.45) is 0 Å². The first-order valence-electron chi connectivity index (χ1n) is 5.52. The Bertz CT molecular complexity index is 664. The van der Waals surface area contributed by atoms with E-state index in [-0.39, 0.29) is 0 Å². The first-order chi connectivity index (χ1) is 9.46. The number of rotatable bonds is 4. The van der Waals surface area contributed by atoms with Crippen molar-refractivity contribution in [3.63, 3.8) is 0 Å². The van der Waals surface area contributed by atoms with Gasteiger partial charge in [0.05, 0.1) is 15.1 Å². The minimum Gasteiger partial charge on any atom is -0.439 e. The topological polar surface area (TPSA) is 18.5 Å². The summed E-state index contributed by atoms with van der Waals surface area (Å²) in [6.45, 7) is -2.69. The maximum absolute atomic E-state index is 6.10. The molecular formula is C13H10Cl3O2PS. The highest BCUT2D eigenvalue weighted by molar-refractivity contribution is 8.13. The van der Waals surface area contributed by atoms with Gasteiger partial charge >= 0.3 is 0 Å². The van der Waals surface area contributed by atoms with Crippen molar-refractivity contribution in [1.82, 2.24) is 0 Å². The molecule has 0 heterocycles. The van der Waals surface area contributed by atoms with Crippen molar-refractivity contribution in [2.45, 2.75) is 0 Å². The zero-order valence-electron chi connectivity index (χ0n) is 10.3. The Labute approximate surface area is 137 Å². The molecule has 7 heteroatoms. The molecule has 0 aromatic heterocycles. The van der Waals surface area contributed by atoms with Crippen LogP contribution in [-0.4, -0.2) is 7.11 Å². The highest BCUT2D eigenvalue weighted by atomic mass is 35.5. The van der Waals surface area contributed by atoms with Gasteiger partial charge in [0.25, 0.3) is 6.49 Å². The van der Waals surface area contributed by atoms with Crippen molar-refractivity contribution >= 4 is 58.4 Å². The molecule has 0 fully saturated rings. The molecule has 2 rings (SSSR count). The lowest BCUT2D eigenvalue weighted by Gasteiger charge is -2.22. The van der Waals surface area contributed by atoms with Gasteiger partial charge in [0.1, 0.15) is 5.75 Å². The van der Waals surface area contributed by atoms with E-state index < -0.39 is 6.49 Å². The molecule has 1 atom stereocenters. The van der Waals surface area contributed by atoms with E-state index in [0.717, 1.165) is 5.30 Å². The minimum atomic E-state index is -2.69. The second-order valence-corrected chi connectivity index (χ2v) is 8.53. The largest absolute Gasteiger partial charge is 0.439 e. The molecule has 0 saturated carbocycles. The van der Waals surface area contributed by atoms with E-state index in [9.17, 15) is 0 Å². The summed E-state index contributed by atoms with van der Waals surface area (Å²) in [5, 5.41) is 1.83. The van der Waals surface area contributed by atoms with E-state index in [1.807, 2.05) is 30.3 Å². The van der Waals surface area contributed by atoms with Gasteiger partial charge in [-0.15, -0.1) is 0 Å². The predicted molar refractivity (Wildman–Crippen MR) is 89.5 cm³/mol. The van der Waals surface area contributed by atoms with Gasteiger partial charge in [0.2, 0.25) is 0 Å². The summed E-state index contributed by atoms with van der Waals surface area (Å²) in [5.41, 5.74) is 0. The molecule has 2 aromatic carbocycles. The summed E-state index contributed by atoms with van der Waals surface area (Å²) in [4.78, 5) is 0. The lowest BCUT2D eigenvalue weighted by molar-refractivity contribution is 0.402. The Hall–Kier alpha value is -0.280. The van der Waals surface area contributed by atoms with Crippen LogP contribution in [0.2, 0.25) is 15.1 Å². The summed E-state index contributed by atoms with van der Waals surface area (Å²) < 4.78 is 11.3. The fraction of sp³-hybridized carbons (Fsp3) is 0.0769. The van der Waals surface area contributed by atoms with Crippen molar-refractivity contribution < 1.29 is 9.05 Å². The maximum Gasteiger partial charge on any atom is 0.268 e.